The Hall–Kier alpha value is -0.370. The highest BCUT2D eigenvalue weighted by molar-refractivity contribution is 5.55. The lowest BCUT2D eigenvalue weighted by Crippen LogP contribution is -2.06. The lowest BCUT2D eigenvalue weighted by molar-refractivity contribution is -0.115. The Morgan fingerprint density at radius 1 is 0.778 bits per heavy atom. The van der Waals surface area contributed by atoms with Crippen LogP contribution < -0.4 is 0 Å². The maximum absolute atomic E-state index is 10.2. The minimum Gasteiger partial charge on any atom is -0.386 e. The van der Waals surface area contributed by atoms with Gasteiger partial charge in [0.25, 0.3) is 0 Å². The van der Waals surface area contributed by atoms with Crippen molar-refractivity contribution in [2.24, 2.45) is 5.92 Å². The number of unbranched alkanes of at least 4 members (excludes halogenated alkanes) is 8. The van der Waals surface area contributed by atoms with Crippen molar-refractivity contribution in [1.82, 2.24) is 0 Å². The molecule has 0 saturated carbocycles. The second-order valence-electron chi connectivity index (χ2n) is 5.86. The molecule has 1 unspecified atom stereocenters. The molecule has 108 valence electrons. The molecule has 0 aliphatic carbocycles. The maximum Gasteiger partial charge on any atom is 0.148 e. The smallest absolute Gasteiger partial charge is 0.148 e. The van der Waals surface area contributed by atoms with Crippen LogP contribution in [0.4, 0.5) is 0 Å². The first kappa shape index (κ1) is 17.6. The van der Waals surface area contributed by atoms with Crippen LogP contribution in [0.2, 0.25) is 0 Å². The third-order valence-corrected chi connectivity index (χ3v) is 3.44. The molecule has 0 bridgehead atoms. The summed E-state index contributed by atoms with van der Waals surface area (Å²) in [5, 5.41) is 9.05. The zero-order valence-corrected chi connectivity index (χ0v) is 12.4. The van der Waals surface area contributed by atoms with Gasteiger partial charge in [-0.05, 0) is 12.3 Å². The average Bonchev–Trinajstić information content (AvgIpc) is 2.35. The minimum atomic E-state index is -0.731. The molecule has 0 amide bonds. The first-order valence-corrected chi connectivity index (χ1v) is 7.80. The van der Waals surface area contributed by atoms with E-state index in [2.05, 4.69) is 13.8 Å². The molecule has 1 N–H and O–H groups in total. The van der Waals surface area contributed by atoms with Crippen LogP contribution in [0.5, 0.6) is 0 Å². The number of carbonyl (C=O) groups is 1. The number of carbonyl (C=O) groups excluding carboxylic acids is 1. The van der Waals surface area contributed by atoms with Gasteiger partial charge in [-0.2, -0.15) is 0 Å². The molecule has 0 aliphatic rings. The summed E-state index contributed by atoms with van der Waals surface area (Å²) in [6.45, 7) is 4.59. The molecule has 0 heterocycles. The summed E-state index contributed by atoms with van der Waals surface area (Å²) in [4.78, 5) is 10.2. The Bertz CT molecular complexity index is 178. The SMILES string of the molecule is CC(C)CCCCCCCCCCCC(O)C=O. The molecule has 1 atom stereocenters. The molecule has 0 saturated heterocycles. The molecule has 18 heavy (non-hydrogen) atoms. The Morgan fingerprint density at radius 3 is 1.56 bits per heavy atom. The van der Waals surface area contributed by atoms with Crippen LogP contribution in [0.3, 0.4) is 0 Å². The summed E-state index contributed by atoms with van der Waals surface area (Å²) in [5.74, 6) is 0.853. The van der Waals surface area contributed by atoms with Crippen LogP contribution in [0.15, 0.2) is 0 Å². The van der Waals surface area contributed by atoms with Crippen molar-refractivity contribution in [2.75, 3.05) is 0 Å². The summed E-state index contributed by atoms with van der Waals surface area (Å²) in [6, 6.07) is 0. The molecule has 0 aromatic carbocycles. The number of hydrogen-bond acceptors (Lipinski definition) is 2. The van der Waals surface area contributed by atoms with Gasteiger partial charge in [0.1, 0.15) is 12.4 Å². The van der Waals surface area contributed by atoms with Gasteiger partial charge in [0.15, 0.2) is 0 Å². The van der Waals surface area contributed by atoms with Gasteiger partial charge < -0.3 is 9.90 Å². The molecule has 0 radical (unpaired) electrons. The van der Waals surface area contributed by atoms with Crippen molar-refractivity contribution >= 4 is 6.29 Å². The Morgan fingerprint density at radius 2 is 1.17 bits per heavy atom. The van der Waals surface area contributed by atoms with E-state index in [0.717, 1.165) is 18.8 Å². The van der Waals surface area contributed by atoms with E-state index in [9.17, 15) is 4.79 Å². The van der Waals surface area contributed by atoms with Crippen LogP contribution in [0.25, 0.3) is 0 Å². The average molecular weight is 256 g/mol. The Balaban J connectivity index is 3.01. The zero-order chi connectivity index (χ0) is 13.6. The standard InChI is InChI=1S/C16H32O2/c1-15(2)12-10-8-6-4-3-5-7-9-11-13-16(18)14-17/h14-16,18H,3-13H2,1-2H3. The van der Waals surface area contributed by atoms with Crippen molar-refractivity contribution in [3.8, 4) is 0 Å². The van der Waals surface area contributed by atoms with Crippen molar-refractivity contribution in [3.63, 3.8) is 0 Å². The maximum atomic E-state index is 10.2. The second-order valence-corrected chi connectivity index (χ2v) is 5.86. The molecule has 0 aromatic heterocycles. The van der Waals surface area contributed by atoms with E-state index in [0.29, 0.717) is 12.7 Å². The predicted molar refractivity (Wildman–Crippen MR) is 77.7 cm³/mol. The first-order valence-electron chi connectivity index (χ1n) is 7.80. The molecule has 0 spiro atoms. The lowest BCUT2D eigenvalue weighted by atomic mass is 10.0. The van der Waals surface area contributed by atoms with Crippen molar-refractivity contribution in [3.05, 3.63) is 0 Å². The summed E-state index contributed by atoms with van der Waals surface area (Å²) in [5.41, 5.74) is 0. The van der Waals surface area contributed by atoms with Gasteiger partial charge in [0.05, 0.1) is 0 Å². The lowest BCUT2D eigenvalue weighted by Gasteiger charge is -2.05. The van der Waals surface area contributed by atoms with Crippen molar-refractivity contribution in [1.29, 1.82) is 0 Å². The summed E-state index contributed by atoms with van der Waals surface area (Å²) in [6.07, 6.45) is 13.5. The molecule has 2 heteroatoms. The van der Waals surface area contributed by atoms with Crippen LogP contribution in [0, 0.1) is 5.92 Å². The molecule has 0 fully saturated rings. The molecule has 0 aromatic rings. The van der Waals surface area contributed by atoms with Gasteiger partial charge in [-0.3, -0.25) is 0 Å². The van der Waals surface area contributed by atoms with Gasteiger partial charge >= 0.3 is 0 Å². The topological polar surface area (TPSA) is 37.3 Å². The fourth-order valence-corrected chi connectivity index (χ4v) is 2.21. The quantitative estimate of drug-likeness (QED) is 0.389. The van der Waals surface area contributed by atoms with Gasteiger partial charge in [0.2, 0.25) is 0 Å². The molecule has 0 aliphatic heterocycles. The highest BCUT2D eigenvalue weighted by Gasteiger charge is 2.00. The molecule has 2 nitrogen and oxygen atoms in total. The number of hydrogen-bond donors (Lipinski definition) is 1. The van der Waals surface area contributed by atoms with Crippen molar-refractivity contribution in [2.45, 2.75) is 90.6 Å². The third kappa shape index (κ3) is 13.7. The third-order valence-electron chi connectivity index (χ3n) is 3.44. The van der Waals surface area contributed by atoms with E-state index in [1.54, 1.807) is 0 Å². The van der Waals surface area contributed by atoms with E-state index < -0.39 is 6.10 Å². The number of aliphatic hydroxyl groups excluding tert-OH is 1. The van der Waals surface area contributed by atoms with Crippen LogP contribution in [-0.2, 0) is 4.79 Å². The van der Waals surface area contributed by atoms with E-state index in [4.69, 9.17) is 5.11 Å². The molecule has 0 rings (SSSR count). The summed E-state index contributed by atoms with van der Waals surface area (Å²) < 4.78 is 0. The molecular formula is C16H32O2. The zero-order valence-electron chi connectivity index (χ0n) is 12.4. The number of aldehydes is 1. The van der Waals surface area contributed by atoms with Gasteiger partial charge in [0, 0.05) is 0 Å². The van der Waals surface area contributed by atoms with E-state index in [1.165, 1.54) is 51.4 Å². The van der Waals surface area contributed by atoms with E-state index in [-0.39, 0.29) is 0 Å². The van der Waals surface area contributed by atoms with Gasteiger partial charge in [-0.25, -0.2) is 0 Å². The summed E-state index contributed by atoms with van der Waals surface area (Å²) >= 11 is 0. The van der Waals surface area contributed by atoms with Gasteiger partial charge in [-0.1, -0.05) is 78.1 Å². The van der Waals surface area contributed by atoms with Crippen LogP contribution in [0.1, 0.15) is 84.5 Å². The largest absolute Gasteiger partial charge is 0.386 e. The monoisotopic (exact) mass is 256 g/mol. The summed E-state index contributed by atoms with van der Waals surface area (Å²) in [7, 11) is 0. The number of aliphatic hydroxyl groups is 1. The Kier molecular flexibility index (Phi) is 12.8. The fourth-order valence-electron chi connectivity index (χ4n) is 2.21. The van der Waals surface area contributed by atoms with E-state index in [1.807, 2.05) is 0 Å². The highest BCUT2D eigenvalue weighted by Crippen LogP contribution is 2.13. The number of rotatable bonds is 13. The van der Waals surface area contributed by atoms with E-state index >= 15 is 0 Å². The van der Waals surface area contributed by atoms with Crippen LogP contribution in [-0.4, -0.2) is 17.5 Å². The highest BCUT2D eigenvalue weighted by atomic mass is 16.3. The Labute approximate surface area is 113 Å². The normalized spacial score (nSPS) is 12.9. The van der Waals surface area contributed by atoms with Crippen LogP contribution >= 0.6 is 0 Å². The van der Waals surface area contributed by atoms with Crippen molar-refractivity contribution < 1.29 is 9.90 Å². The predicted octanol–water partition coefficient (Wildman–Crippen LogP) is 4.49. The van der Waals surface area contributed by atoms with Gasteiger partial charge in [-0.15, -0.1) is 0 Å². The second kappa shape index (κ2) is 13.1. The minimum absolute atomic E-state index is 0.636. The first-order chi connectivity index (χ1) is 8.66. The molecular weight excluding hydrogens is 224 g/mol. The fraction of sp³-hybridized carbons (Fsp3) is 0.938.